The summed E-state index contributed by atoms with van der Waals surface area (Å²) in [6.45, 7) is 2.83. The largest absolute Gasteiger partial charge is 0.465 e. The van der Waals surface area contributed by atoms with Gasteiger partial charge in [0.1, 0.15) is 5.82 Å². The first kappa shape index (κ1) is 15.1. The molecule has 0 saturated carbocycles. The fourth-order valence-electron chi connectivity index (χ4n) is 1.51. The lowest BCUT2D eigenvalue weighted by Crippen LogP contribution is -2.24. The van der Waals surface area contributed by atoms with Gasteiger partial charge >= 0.3 is 5.97 Å². The van der Waals surface area contributed by atoms with Crippen molar-refractivity contribution < 1.29 is 13.9 Å². The van der Waals surface area contributed by atoms with Crippen molar-refractivity contribution in [1.29, 1.82) is 5.26 Å². The van der Waals surface area contributed by atoms with Gasteiger partial charge in [0.25, 0.3) is 0 Å². The topological polar surface area (TPSA) is 62.1 Å². The van der Waals surface area contributed by atoms with Crippen molar-refractivity contribution >= 4 is 5.97 Å². The van der Waals surface area contributed by atoms with Crippen molar-refractivity contribution in [3.8, 4) is 6.07 Å². The Hall–Kier alpha value is -1.93. The van der Waals surface area contributed by atoms with Gasteiger partial charge < -0.3 is 10.1 Å². The molecule has 19 heavy (non-hydrogen) atoms. The van der Waals surface area contributed by atoms with Gasteiger partial charge in [-0.05, 0) is 30.2 Å². The number of hydrogen-bond acceptors (Lipinski definition) is 4. The number of hydrogen-bond donors (Lipinski definition) is 1. The molecule has 0 aromatic heterocycles. The van der Waals surface area contributed by atoms with E-state index in [1.807, 2.05) is 13.0 Å². The van der Waals surface area contributed by atoms with Gasteiger partial charge in [-0.15, -0.1) is 0 Å². The Morgan fingerprint density at radius 1 is 1.47 bits per heavy atom. The second-order valence-corrected chi connectivity index (χ2v) is 4.14. The summed E-state index contributed by atoms with van der Waals surface area (Å²) < 4.78 is 18.1. The predicted molar refractivity (Wildman–Crippen MR) is 68.7 cm³/mol. The fourth-order valence-corrected chi connectivity index (χ4v) is 1.51. The molecule has 0 aliphatic heterocycles. The number of carbonyl (C=O) groups is 1. The molecule has 1 rings (SSSR count). The van der Waals surface area contributed by atoms with Crippen LogP contribution in [-0.2, 0) is 16.1 Å². The normalized spacial score (nSPS) is 9.95. The van der Waals surface area contributed by atoms with E-state index in [4.69, 9.17) is 10.00 Å². The molecule has 0 aliphatic carbocycles. The number of nitrogens with one attached hydrogen (secondary N) is 1. The predicted octanol–water partition coefficient (Wildman–Crippen LogP) is 2.13. The molecule has 0 atom stereocenters. The summed E-state index contributed by atoms with van der Waals surface area (Å²) in [5, 5.41) is 11.6. The smallest absolute Gasteiger partial charge is 0.319 e. The molecule has 1 aromatic carbocycles. The van der Waals surface area contributed by atoms with Crippen LogP contribution in [0.5, 0.6) is 0 Å². The molecule has 0 heterocycles. The van der Waals surface area contributed by atoms with Crippen LogP contribution in [0.3, 0.4) is 0 Å². The van der Waals surface area contributed by atoms with Gasteiger partial charge in [-0.3, -0.25) is 4.79 Å². The number of nitriles is 1. The number of halogens is 1. The van der Waals surface area contributed by atoms with Crippen LogP contribution >= 0.6 is 0 Å². The van der Waals surface area contributed by atoms with Crippen LogP contribution in [0.15, 0.2) is 18.2 Å². The lowest BCUT2D eigenvalue weighted by atomic mass is 10.1. The number of rotatable bonds is 7. The lowest BCUT2D eigenvalue weighted by Gasteiger charge is -2.06. The number of ether oxygens (including phenoxy) is 1. The van der Waals surface area contributed by atoms with Crippen LogP contribution in [0.25, 0.3) is 0 Å². The third-order valence-electron chi connectivity index (χ3n) is 2.45. The van der Waals surface area contributed by atoms with Crippen molar-refractivity contribution in [2.45, 2.75) is 26.3 Å². The van der Waals surface area contributed by atoms with E-state index in [1.54, 1.807) is 6.07 Å². The Balaban J connectivity index is 2.35. The lowest BCUT2D eigenvalue weighted by molar-refractivity contribution is -0.142. The molecule has 5 heteroatoms. The minimum absolute atomic E-state index is 0.0715. The van der Waals surface area contributed by atoms with Gasteiger partial charge in [-0.1, -0.05) is 13.3 Å². The quantitative estimate of drug-likeness (QED) is 0.605. The second kappa shape index (κ2) is 8.22. The zero-order valence-electron chi connectivity index (χ0n) is 10.9. The summed E-state index contributed by atoms with van der Waals surface area (Å²) in [7, 11) is 0. The molecule has 1 aromatic rings. The Labute approximate surface area is 112 Å². The first-order chi connectivity index (χ1) is 9.15. The van der Waals surface area contributed by atoms with E-state index in [0.717, 1.165) is 12.8 Å². The zero-order chi connectivity index (χ0) is 14.1. The van der Waals surface area contributed by atoms with Gasteiger partial charge in [-0.25, -0.2) is 4.39 Å². The third kappa shape index (κ3) is 5.98. The number of unbranched alkanes of at least 4 members (excludes halogenated alkanes) is 1. The highest BCUT2D eigenvalue weighted by molar-refractivity contribution is 5.71. The van der Waals surface area contributed by atoms with Crippen LogP contribution < -0.4 is 5.32 Å². The van der Waals surface area contributed by atoms with Crippen molar-refractivity contribution in [1.82, 2.24) is 5.32 Å². The standard InChI is InChI=1S/C14H17FN2O2/c1-2-3-4-19-14(18)10-17-9-12-5-11(8-16)6-13(15)7-12/h5-7,17H,2-4,9-10H2,1H3. The summed E-state index contributed by atoms with van der Waals surface area (Å²) in [6.07, 6.45) is 1.82. The minimum Gasteiger partial charge on any atom is -0.465 e. The summed E-state index contributed by atoms with van der Waals surface area (Å²) in [4.78, 5) is 11.3. The van der Waals surface area contributed by atoms with E-state index in [-0.39, 0.29) is 18.1 Å². The summed E-state index contributed by atoms with van der Waals surface area (Å²) in [5.74, 6) is -0.785. The Morgan fingerprint density at radius 2 is 2.26 bits per heavy atom. The number of carbonyl (C=O) groups excluding carboxylic acids is 1. The number of nitrogens with zero attached hydrogens (tertiary/aromatic N) is 1. The molecule has 0 saturated heterocycles. The van der Waals surface area contributed by atoms with E-state index in [1.165, 1.54) is 12.1 Å². The zero-order valence-corrected chi connectivity index (χ0v) is 10.9. The summed E-state index contributed by atoms with van der Waals surface area (Å²) in [6, 6.07) is 5.96. The van der Waals surface area contributed by atoms with Crippen molar-refractivity contribution in [3.63, 3.8) is 0 Å². The number of esters is 1. The summed E-state index contributed by atoms with van der Waals surface area (Å²) >= 11 is 0. The highest BCUT2D eigenvalue weighted by Gasteiger charge is 2.04. The molecule has 0 unspecified atom stereocenters. The van der Waals surface area contributed by atoms with Crippen LogP contribution in [0.4, 0.5) is 4.39 Å². The molecule has 1 N–H and O–H groups in total. The molecule has 102 valence electrons. The molecular weight excluding hydrogens is 247 g/mol. The van der Waals surface area contributed by atoms with Gasteiger partial charge in [0.15, 0.2) is 0 Å². The first-order valence-electron chi connectivity index (χ1n) is 6.21. The van der Waals surface area contributed by atoms with E-state index in [2.05, 4.69) is 5.32 Å². The van der Waals surface area contributed by atoms with E-state index in [0.29, 0.717) is 18.7 Å². The molecule has 0 amide bonds. The molecule has 0 spiro atoms. The summed E-state index contributed by atoms with van der Waals surface area (Å²) in [5.41, 5.74) is 0.889. The molecule has 0 bridgehead atoms. The average Bonchev–Trinajstić information content (AvgIpc) is 2.38. The molecule has 0 fully saturated rings. The number of benzene rings is 1. The monoisotopic (exact) mass is 264 g/mol. The van der Waals surface area contributed by atoms with Gasteiger partial charge in [0, 0.05) is 6.54 Å². The highest BCUT2D eigenvalue weighted by atomic mass is 19.1. The van der Waals surface area contributed by atoms with Crippen LogP contribution in [-0.4, -0.2) is 19.1 Å². The van der Waals surface area contributed by atoms with Crippen molar-refractivity contribution in [2.24, 2.45) is 0 Å². The Morgan fingerprint density at radius 3 is 2.95 bits per heavy atom. The maximum absolute atomic E-state index is 13.1. The maximum Gasteiger partial charge on any atom is 0.319 e. The average molecular weight is 264 g/mol. The van der Waals surface area contributed by atoms with E-state index >= 15 is 0 Å². The van der Waals surface area contributed by atoms with Gasteiger partial charge in [0.2, 0.25) is 0 Å². The van der Waals surface area contributed by atoms with Crippen LogP contribution in [0.2, 0.25) is 0 Å². The molecule has 4 nitrogen and oxygen atoms in total. The SMILES string of the molecule is CCCCOC(=O)CNCc1cc(F)cc(C#N)c1. The maximum atomic E-state index is 13.1. The molecule has 0 radical (unpaired) electrons. The second-order valence-electron chi connectivity index (χ2n) is 4.14. The highest BCUT2D eigenvalue weighted by Crippen LogP contribution is 2.08. The minimum atomic E-state index is -0.457. The van der Waals surface area contributed by atoms with Crippen molar-refractivity contribution in [3.05, 3.63) is 35.1 Å². The van der Waals surface area contributed by atoms with E-state index in [9.17, 15) is 9.18 Å². The van der Waals surface area contributed by atoms with Crippen LogP contribution in [0, 0.1) is 17.1 Å². The first-order valence-corrected chi connectivity index (χ1v) is 6.21. The third-order valence-corrected chi connectivity index (χ3v) is 2.45. The van der Waals surface area contributed by atoms with Crippen molar-refractivity contribution in [2.75, 3.05) is 13.2 Å². The Kier molecular flexibility index (Phi) is 6.55. The molecular formula is C14H17FN2O2. The Bertz CT molecular complexity index is 469. The van der Waals surface area contributed by atoms with E-state index < -0.39 is 5.82 Å². The van der Waals surface area contributed by atoms with Gasteiger partial charge in [-0.2, -0.15) is 5.26 Å². The fraction of sp³-hybridized carbons (Fsp3) is 0.429. The molecule has 0 aliphatic rings. The van der Waals surface area contributed by atoms with Gasteiger partial charge in [0.05, 0.1) is 24.8 Å². The van der Waals surface area contributed by atoms with Crippen LogP contribution in [0.1, 0.15) is 30.9 Å².